The minimum Gasteiger partial charge on any atom is -0.466 e. The molecule has 0 amide bonds. The molecule has 0 aliphatic rings. The summed E-state index contributed by atoms with van der Waals surface area (Å²) >= 11 is 0. The zero-order valence-electron chi connectivity index (χ0n) is 28.1. The van der Waals surface area contributed by atoms with Gasteiger partial charge in [-0.1, -0.05) is 213 Å². The lowest BCUT2D eigenvalue weighted by Crippen LogP contribution is -2.05. The van der Waals surface area contributed by atoms with Gasteiger partial charge in [0.05, 0.1) is 6.61 Å². The molecule has 0 rings (SSSR count). The van der Waals surface area contributed by atoms with Gasteiger partial charge in [0.2, 0.25) is 0 Å². The smallest absolute Gasteiger partial charge is 0.305 e. The van der Waals surface area contributed by atoms with Crippen molar-refractivity contribution in [2.45, 2.75) is 232 Å². The van der Waals surface area contributed by atoms with E-state index in [0.29, 0.717) is 13.0 Å². The Hall–Kier alpha value is -0.530. The van der Waals surface area contributed by atoms with E-state index in [1.165, 1.54) is 199 Å². The molecule has 0 aromatic heterocycles. The third-order valence-corrected chi connectivity index (χ3v) is 8.75. The maximum absolute atomic E-state index is 11.9. The third kappa shape index (κ3) is 35.5. The molecule has 0 aliphatic carbocycles. The number of unbranched alkanes of at least 4 members (excludes halogenated alkanes) is 31. The first-order valence-electron chi connectivity index (χ1n) is 19.0. The van der Waals surface area contributed by atoms with Crippen LogP contribution in [0.3, 0.4) is 0 Å². The van der Waals surface area contributed by atoms with Crippen molar-refractivity contribution in [3.8, 4) is 0 Å². The van der Waals surface area contributed by atoms with Crippen LogP contribution in [-0.4, -0.2) is 12.6 Å². The van der Waals surface area contributed by atoms with E-state index in [1.54, 1.807) is 0 Å². The molecular weight excluding hydrogens is 488 g/mol. The average Bonchev–Trinajstić information content (AvgIpc) is 2.96. The maximum Gasteiger partial charge on any atom is 0.305 e. The van der Waals surface area contributed by atoms with Crippen LogP contribution in [0, 0.1) is 0 Å². The van der Waals surface area contributed by atoms with Crippen LogP contribution < -0.4 is 0 Å². The van der Waals surface area contributed by atoms with Crippen molar-refractivity contribution in [2.75, 3.05) is 6.61 Å². The molecule has 0 N–H and O–H groups in total. The molecule has 0 saturated heterocycles. The van der Waals surface area contributed by atoms with Crippen LogP contribution >= 0.6 is 0 Å². The summed E-state index contributed by atoms with van der Waals surface area (Å²) in [5.74, 6) is 0.0272. The molecule has 0 radical (unpaired) electrons. The third-order valence-electron chi connectivity index (χ3n) is 8.75. The second-order valence-electron chi connectivity index (χ2n) is 12.9. The summed E-state index contributed by atoms with van der Waals surface area (Å²) in [6.45, 7) is 5.21. The number of esters is 1. The predicted octanol–water partition coefficient (Wildman–Crippen LogP) is 13.8. The molecule has 240 valence electrons. The molecular formula is C38H76O2. The molecule has 0 bridgehead atoms. The number of carbonyl (C=O) groups excluding carboxylic acids is 1. The van der Waals surface area contributed by atoms with E-state index in [2.05, 4.69) is 13.8 Å². The second-order valence-corrected chi connectivity index (χ2v) is 12.9. The monoisotopic (exact) mass is 565 g/mol. The summed E-state index contributed by atoms with van der Waals surface area (Å²) < 4.78 is 5.44. The summed E-state index contributed by atoms with van der Waals surface area (Å²) in [5, 5.41) is 0. The average molecular weight is 565 g/mol. The Morgan fingerprint density at radius 1 is 0.325 bits per heavy atom. The second kappa shape index (κ2) is 36.5. The highest BCUT2D eigenvalue weighted by Crippen LogP contribution is 2.16. The predicted molar refractivity (Wildman–Crippen MR) is 179 cm³/mol. The molecule has 0 unspecified atom stereocenters. The summed E-state index contributed by atoms with van der Waals surface area (Å²) in [4.78, 5) is 11.9. The van der Waals surface area contributed by atoms with Crippen molar-refractivity contribution >= 4 is 5.97 Å². The van der Waals surface area contributed by atoms with Gasteiger partial charge in [0, 0.05) is 6.42 Å². The lowest BCUT2D eigenvalue weighted by atomic mass is 10.0. The van der Waals surface area contributed by atoms with E-state index >= 15 is 0 Å². The van der Waals surface area contributed by atoms with Gasteiger partial charge in [0.25, 0.3) is 0 Å². The summed E-state index contributed by atoms with van der Waals surface area (Å²) in [5.41, 5.74) is 0. The fraction of sp³-hybridized carbons (Fsp3) is 0.974. The number of ether oxygens (including phenoxy) is 1. The minimum absolute atomic E-state index is 0.0272. The van der Waals surface area contributed by atoms with Gasteiger partial charge in [-0.2, -0.15) is 0 Å². The fourth-order valence-electron chi connectivity index (χ4n) is 5.90. The molecule has 0 spiro atoms. The Bertz CT molecular complexity index is 460. The quantitative estimate of drug-likeness (QED) is 0.0565. The highest BCUT2D eigenvalue weighted by molar-refractivity contribution is 5.69. The van der Waals surface area contributed by atoms with Crippen LogP contribution in [0.15, 0.2) is 0 Å². The van der Waals surface area contributed by atoms with Crippen LogP contribution in [0.1, 0.15) is 232 Å². The van der Waals surface area contributed by atoms with E-state index in [0.717, 1.165) is 12.8 Å². The Kier molecular flexibility index (Phi) is 36.0. The van der Waals surface area contributed by atoms with Crippen molar-refractivity contribution in [2.24, 2.45) is 0 Å². The van der Waals surface area contributed by atoms with Crippen molar-refractivity contribution in [1.82, 2.24) is 0 Å². The molecule has 40 heavy (non-hydrogen) atoms. The number of rotatable bonds is 35. The molecule has 0 atom stereocenters. The van der Waals surface area contributed by atoms with Crippen LogP contribution in [0.4, 0.5) is 0 Å². The van der Waals surface area contributed by atoms with Gasteiger partial charge in [0.1, 0.15) is 0 Å². The highest BCUT2D eigenvalue weighted by Gasteiger charge is 2.03. The van der Waals surface area contributed by atoms with Crippen LogP contribution in [0.5, 0.6) is 0 Å². The molecule has 0 aromatic carbocycles. The first kappa shape index (κ1) is 39.5. The molecule has 0 aromatic rings. The first-order chi connectivity index (χ1) is 19.8. The van der Waals surface area contributed by atoms with Gasteiger partial charge < -0.3 is 4.74 Å². The molecule has 2 nitrogen and oxygen atoms in total. The summed E-state index contributed by atoms with van der Waals surface area (Å²) in [6.07, 6.45) is 46.1. The van der Waals surface area contributed by atoms with E-state index in [9.17, 15) is 4.79 Å². The van der Waals surface area contributed by atoms with Crippen LogP contribution in [0.25, 0.3) is 0 Å². The van der Waals surface area contributed by atoms with Gasteiger partial charge in [-0.3, -0.25) is 4.79 Å². The van der Waals surface area contributed by atoms with Crippen molar-refractivity contribution in [3.05, 3.63) is 0 Å². The minimum atomic E-state index is 0.0272. The molecule has 2 heteroatoms. The Morgan fingerprint density at radius 2 is 0.550 bits per heavy atom. The highest BCUT2D eigenvalue weighted by atomic mass is 16.5. The Balaban J connectivity index is 3.12. The summed E-state index contributed by atoms with van der Waals surface area (Å²) in [7, 11) is 0. The standard InChI is InChI=1S/C38H76O2/c1-3-5-7-9-11-13-15-16-17-18-19-20-21-22-23-24-25-27-29-31-33-35-37-40-38(39)36-34-32-30-28-26-14-12-10-8-6-4-2/h3-37H2,1-2H3. The van der Waals surface area contributed by atoms with Crippen molar-refractivity contribution in [3.63, 3.8) is 0 Å². The SMILES string of the molecule is CCCCCCCCCCCCCCCCCCCCCCCCOC(=O)CCCCCCCCCCCCC. The van der Waals surface area contributed by atoms with Crippen LogP contribution in [0.2, 0.25) is 0 Å². The number of hydrogen-bond donors (Lipinski definition) is 0. The van der Waals surface area contributed by atoms with Crippen molar-refractivity contribution in [1.29, 1.82) is 0 Å². The van der Waals surface area contributed by atoms with Gasteiger partial charge in [-0.25, -0.2) is 0 Å². The van der Waals surface area contributed by atoms with Crippen LogP contribution in [-0.2, 0) is 9.53 Å². The largest absolute Gasteiger partial charge is 0.466 e. The van der Waals surface area contributed by atoms with Gasteiger partial charge in [0.15, 0.2) is 0 Å². The maximum atomic E-state index is 11.9. The zero-order valence-corrected chi connectivity index (χ0v) is 28.1. The summed E-state index contributed by atoms with van der Waals surface area (Å²) in [6, 6.07) is 0. The molecule has 0 heterocycles. The lowest BCUT2D eigenvalue weighted by molar-refractivity contribution is -0.143. The lowest BCUT2D eigenvalue weighted by Gasteiger charge is -2.06. The molecule has 0 aliphatic heterocycles. The molecule has 0 saturated carbocycles. The van der Waals surface area contributed by atoms with Gasteiger partial charge in [-0.15, -0.1) is 0 Å². The molecule has 0 fully saturated rings. The van der Waals surface area contributed by atoms with E-state index < -0.39 is 0 Å². The topological polar surface area (TPSA) is 26.3 Å². The van der Waals surface area contributed by atoms with E-state index in [4.69, 9.17) is 4.74 Å². The zero-order chi connectivity index (χ0) is 29.0. The van der Waals surface area contributed by atoms with Gasteiger partial charge in [-0.05, 0) is 12.8 Å². The normalized spacial score (nSPS) is 11.3. The first-order valence-corrected chi connectivity index (χ1v) is 19.0. The number of carbonyl (C=O) groups is 1. The van der Waals surface area contributed by atoms with Gasteiger partial charge >= 0.3 is 5.97 Å². The van der Waals surface area contributed by atoms with E-state index in [1.807, 2.05) is 0 Å². The number of hydrogen-bond acceptors (Lipinski definition) is 2. The van der Waals surface area contributed by atoms with Crippen molar-refractivity contribution < 1.29 is 9.53 Å². The van der Waals surface area contributed by atoms with E-state index in [-0.39, 0.29) is 5.97 Å². The Labute approximate surface area is 254 Å². The Morgan fingerprint density at radius 3 is 0.825 bits per heavy atom. The fourth-order valence-corrected chi connectivity index (χ4v) is 5.90.